The summed E-state index contributed by atoms with van der Waals surface area (Å²) in [7, 11) is 0. The Labute approximate surface area is 66.7 Å². The van der Waals surface area contributed by atoms with Crippen molar-refractivity contribution in [3.8, 4) is 0 Å². The maximum atomic E-state index is 11.1. The minimum atomic E-state index is -0.312. The van der Waals surface area contributed by atoms with Gasteiger partial charge in [-0.15, -0.1) is 0 Å². The van der Waals surface area contributed by atoms with Crippen LogP contribution >= 0.6 is 0 Å². The second-order valence-electron chi connectivity index (χ2n) is 3.63. The molecule has 0 aromatic heterocycles. The molecular weight excluding hydrogens is 142 g/mol. The predicted molar refractivity (Wildman–Crippen MR) is 42.6 cm³/mol. The fourth-order valence-electron chi connectivity index (χ4n) is 1.07. The Morgan fingerprint density at radius 2 is 2.36 bits per heavy atom. The highest BCUT2D eigenvalue weighted by Crippen LogP contribution is 2.04. The van der Waals surface area contributed by atoms with Crippen molar-refractivity contribution in [1.29, 1.82) is 0 Å². The van der Waals surface area contributed by atoms with Gasteiger partial charge in [-0.05, 0) is 13.8 Å². The van der Waals surface area contributed by atoms with E-state index in [-0.39, 0.29) is 11.4 Å². The quantitative estimate of drug-likeness (QED) is 0.566. The van der Waals surface area contributed by atoms with Gasteiger partial charge in [0.1, 0.15) is 0 Å². The fourth-order valence-corrected chi connectivity index (χ4v) is 1.07. The van der Waals surface area contributed by atoms with Crippen LogP contribution in [0.5, 0.6) is 0 Å². The summed E-state index contributed by atoms with van der Waals surface area (Å²) in [6.45, 7) is 5.13. The number of rotatable bonds is 2. The number of nitrogens with two attached hydrogens (primary N) is 1. The first-order chi connectivity index (χ1) is 4.99. The lowest BCUT2D eigenvalue weighted by Crippen LogP contribution is -2.49. The lowest BCUT2D eigenvalue weighted by Gasteiger charge is -2.25. The fraction of sp³-hybridized carbons (Fsp3) is 0.857. The van der Waals surface area contributed by atoms with Crippen LogP contribution in [0.2, 0.25) is 0 Å². The first kappa shape index (κ1) is 8.49. The standard InChI is InChI=1S/C7H15N3O/c1-7(2,8)5-10-6(11)3-4-9-10/h9H,3-5,8H2,1-2H3. The SMILES string of the molecule is CC(C)(N)CN1NCCC1=O. The molecule has 4 heteroatoms. The average Bonchev–Trinajstić information content (AvgIpc) is 2.12. The third-order valence-electron chi connectivity index (χ3n) is 1.51. The summed E-state index contributed by atoms with van der Waals surface area (Å²) in [5.41, 5.74) is 8.40. The summed E-state index contributed by atoms with van der Waals surface area (Å²) in [6, 6.07) is 0. The van der Waals surface area contributed by atoms with Crippen LogP contribution in [0.15, 0.2) is 0 Å². The molecule has 3 N–H and O–H groups in total. The Morgan fingerprint density at radius 3 is 2.73 bits per heavy atom. The Hall–Kier alpha value is -0.610. The highest BCUT2D eigenvalue weighted by atomic mass is 16.2. The van der Waals surface area contributed by atoms with Crippen molar-refractivity contribution in [2.24, 2.45) is 5.73 Å². The number of hydrazine groups is 1. The van der Waals surface area contributed by atoms with Gasteiger partial charge in [-0.1, -0.05) is 0 Å². The molecule has 1 saturated heterocycles. The van der Waals surface area contributed by atoms with Gasteiger partial charge in [0.15, 0.2) is 0 Å². The van der Waals surface area contributed by atoms with Crippen LogP contribution in [0.4, 0.5) is 0 Å². The zero-order valence-electron chi connectivity index (χ0n) is 7.05. The lowest BCUT2D eigenvalue weighted by atomic mass is 10.1. The van der Waals surface area contributed by atoms with Gasteiger partial charge in [-0.2, -0.15) is 0 Å². The van der Waals surface area contributed by atoms with Gasteiger partial charge >= 0.3 is 0 Å². The molecule has 0 unspecified atom stereocenters. The van der Waals surface area contributed by atoms with E-state index in [1.807, 2.05) is 13.8 Å². The number of nitrogens with one attached hydrogen (secondary N) is 1. The minimum Gasteiger partial charge on any atom is -0.324 e. The van der Waals surface area contributed by atoms with Crippen LogP contribution in [-0.4, -0.2) is 29.5 Å². The van der Waals surface area contributed by atoms with Crippen LogP contribution in [-0.2, 0) is 4.79 Å². The van der Waals surface area contributed by atoms with E-state index < -0.39 is 0 Å². The van der Waals surface area contributed by atoms with E-state index in [4.69, 9.17) is 5.73 Å². The largest absolute Gasteiger partial charge is 0.324 e. The molecule has 0 bridgehead atoms. The van der Waals surface area contributed by atoms with Crippen molar-refractivity contribution in [2.75, 3.05) is 13.1 Å². The van der Waals surface area contributed by atoms with Crippen LogP contribution in [0.25, 0.3) is 0 Å². The number of hydrogen-bond acceptors (Lipinski definition) is 3. The van der Waals surface area contributed by atoms with Crippen molar-refractivity contribution in [2.45, 2.75) is 25.8 Å². The van der Waals surface area contributed by atoms with Gasteiger partial charge in [0, 0.05) is 18.5 Å². The van der Waals surface area contributed by atoms with Crippen molar-refractivity contribution >= 4 is 5.91 Å². The smallest absolute Gasteiger partial charge is 0.238 e. The first-order valence-corrected chi connectivity index (χ1v) is 3.82. The molecule has 0 aromatic rings. The Morgan fingerprint density at radius 1 is 1.73 bits per heavy atom. The number of hydrogen-bond donors (Lipinski definition) is 2. The van der Waals surface area contributed by atoms with E-state index in [0.717, 1.165) is 6.54 Å². The Bertz CT molecular complexity index is 162. The molecule has 0 atom stereocenters. The summed E-state index contributed by atoms with van der Waals surface area (Å²) in [5.74, 6) is 0.142. The molecule has 1 heterocycles. The van der Waals surface area contributed by atoms with E-state index in [9.17, 15) is 4.79 Å². The Kier molecular flexibility index (Phi) is 2.15. The van der Waals surface area contributed by atoms with E-state index >= 15 is 0 Å². The number of amides is 1. The Balaban J connectivity index is 2.43. The molecule has 0 aromatic carbocycles. The normalized spacial score (nSPS) is 19.5. The molecule has 1 rings (SSSR count). The zero-order chi connectivity index (χ0) is 8.48. The molecular formula is C7H15N3O. The molecule has 1 fully saturated rings. The number of carbonyl (C=O) groups is 1. The minimum absolute atomic E-state index is 0.142. The van der Waals surface area contributed by atoms with Gasteiger partial charge in [0.2, 0.25) is 5.91 Å². The molecule has 1 amide bonds. The van der Waals surface area contributed by atoms with Crippen LogP contribution in [0.1, 0.15) is 20.3 Å². The molecule has 1 aliphatic heterocycles. The van der Waals surface area contributed by atoms with E-state index in [1.54, 1.807) is 5.01 Å². The van der Waals surface area contributed by atoms with Gasteiger partial charge in [0.05, 0.1) is 6.54 Å². The third-order valence-corrected chi connectivity index (χ3v) is 1.51. The monoisotopic (exact) mass is 157 g/mol. The second kappa shape index (κ2) is 2.79. The number of carbonyl (C=O) groups excluding carboxylic acids is 1. The summed E-state index contributed by atoms with van der Waals surface area (Å²) in [5, 5.41) is 1.60. The maximum Gasteiger partial charge on any atom is 0.238 e. The van der Waals surface area contributed by atoms with E-state index in [2.05, 4.69) is 5.43 Å². The van der Waals surface area contributed by atoms with Crippen molar-refractivity contribution in [3.05, 3.63) is 0 Å². The van der Waals surface area contributed by atoms with Gasteiger partial charge in [-0.3, -0.25) is 9.80 Å². The molecule has 0 aliphatic carbocycles. The molecule has 64 valence electrons. The average molecular weight is 157 g/mol. The van der Waals surface area contributed by atoms with E-state index in [0.29, 0.717) is 13.0 Å². The van der Waals surface area contributed by atoms with Crippen LogP contribution in [0, 0.1) is 0 Å². The summed E-state index contributed by atoms with van der Waals surface area (Å²) in [4.78, 5) is 11.1. The van der Waals surface area contributed by atoms with Gasteiger partial charge < -0.3 is 5.73 Å². The van der Waals surface area contributed by atoms with E-state index in [1.165, 1.54) is 0 Å². The van der Waals surface area contributed by atoms with Crippen LogP contribution < -0.4 is 11.2 Å². The maximum absolute atomic E-state index is 11.1. The summed E-state index contributed by atoms with van der Waals surface area (Å²) < 4.78 is 0. The molecule has 0 spiro atoms. The van der Waals surface area contributed by atoms with Gasteiger partial charge in [-0.25, -0.2) is 5.43 Å². The molecule has 11 heavy (non-hydrogen) atoms. The molecule has 4 nitrogen and oxygen atoms in total. The highest BCUT2D eigenvalue weighted by molar-refractivity contribution is 5.77. The van der Waals surface area contributed by atoms with Gasteiger partial charge in [0.25, 0.3) is 0 Å². The second-order valence-corrected chi connectivity index (χ2v) is 3.63. The predicted octanol–water partition coefficient (Wildman–Crippen LogP) is -0.539. The summed E-state index contributed by atoms with van der Waals surface area (Å²) in [6.07, 6.45) is 0.593. The van der Waals surface area contributed by atoms with Crippen molar-refractivity contribution < 1.29 is 4.79 Å². The molecule has 0 radical (unpaired) electrons. The summed E-state index contributed by atoms with van der Waals surface area (Å²) >= 11 is 0. The first-order valence-electron chi connectivity index (χ1n) is 3.82. The van der Waals surface area contributed by atoms with Crippen LogP contribution in [0.3, 0.4) is 0 Å². The highest BCUT2D eigenvalue weighted by Gasteiger charge is 2.24. The topological polar surface area (TPSA) is 58.4 Å². The van der Waals surface area contributed by atoms with Crippen molar-refractivity contribution in [3.63, 3.8) is 0 Å². The molecule has 1 aliphatic rings. The molecule has 0 saturated carbocycles. The lowest BCUT2D eigenvalue weighted by molar-refractivity contribution is -0.130. The number of nitrogens with zero attached hydrogens (tertiary/aromatic N) is 1. The zero-order valence-corrected chi connectivity index (χ0v) is 7.05. The third kappa shape index (κ3) is 2.48. The van der Waals surface area contributed by atoms with Crippen molar-refractivity contribution in [1.82, 2.24) is 10.4 Å².